The predicted molar refractivity (Wildman–Crippen MR) is 82.9 cm³/mol. The molecule has 2 aromatic rings. The van der Waals surface area contributed by atoms with E-state index in [1.54, 1.807) is 31.4 Å². The van der Waals surface area contributed by atoms with Crippen molar-refractivity contribution in [1.82, 2.24) is 0 Å². The molecule has 0 fully saturated rings. The summed E-state index contributed by atoms with van der Waals surface area (Å²) in [6.07, 6.45) is 0. The maximum Gasteiger partial charge on any atom is 0.262 e. The molecule has 120 valence electrons. The number of carbonyl (C=O) groups excluding carboxylic acids is 2. The van der Waals surface area contributed by atoms with Gasteiger partial charge in [0.2, 0.25) is 0 Å². The summed E-state index contributed by atoms with van der Waals surface area (Å²) in [4.78, 5) is 22.6. The summed E-state index contributed by atoms with van der Waals surface area (Å²) >= 11 is 5.79. The summed E-state index contributed by atoms with van der Waals surface area (Å²) < 4.78 is 10.3. The van der Waals surface area contributed by atoms with Crippen LogP contribution < -0.4 is 19.9 Å². The second-order valence-corrected chi connectivity index (χ2v) is 4.90. The normalized spacial score (nSPS) is 10.0. The lowest BCUT2D eigenvalue weighted by atomic mass is 10.2. The minimum absolute atomic E-state index is 0.0149. The van der Waals surface area contributed by atoms with Gasteiger partial charge >= 0.3 is 0 Å². The molecular formula is C16H13ClNO5-. The number of halogens is 1. The number of carboxylic acid groups (broad SMARTS) is 1. The number of hydrogen-bond acceptors (Lipinski definition) is 5. The van der Waals surface area contributed by atoms with E-state index < -0.39 is 11.9 Å². The molecule has 0 heterocycles. The minimum Gasteiger partial charge on any atom is -0.545 e. The molecule has 0 radical (unpaired) electrons. The first-order valence-electron chi connectivity index (χ1n) is 6.57. The van der Waals surface area contributed by atoms with Crippen molar-refractivity contribution in [3.8, 4) is 11.5 Å². The molecular weight excluding hydrogens is 322 g/mol. The van der Waals surface area contributed by atoms with E-state index in [4.69, 9.17) is 21.1 Å². The fraction of sp³-hybridized carbons (Fsp3) is 0.125. The van der Waals surface area contributed by atoms with E-state index in [0.29, 0.717) is 17.2 Å². The maximum absolute atomic E-state index is 11.8. The van der Waals surface area contributed by atoms with Crippen molar-refractivity contribution in [3.63, 3.8) is 0 Å². The van der Waals surface area contributed by atoms with E-state index in [1.807, 2.05) is 0 Å². The lowest BCUT2D eigenvalue weighted by molar-refractivity contribution is -0.255. The van der Waals surface area contributed by atoms with Gasteiger partial charge in [-0.05, 0) is 42.5 Å². The number of amides is 1. The molecule has 0 unspecified atom stereocenters. The van der Waals surface area contributed by atoms with Gasteiger partial charge in [-0.1, -0.05) is 11.6 Å². The zero-order valence-electron chi connectivity index (χ0n) is 12.2. The highest BCUT2D eigenvalue weighted by Crippen LogP contribution is 2.21. The Morgan fingerprint density at radius 3 is 2.35 bits per heavy atom. The molecule has 1 N–H and O–H groups in total. The van der Waals surface area contributed by atoms with E-state index in [0.717, 1.165) is 0 Å². The predicted octanol–water partition coefficient (Wildman–Crippen LogP) is 1.73. The molecule has 6 nitrogen and oxygen atoms in total. The number of carboxylic acids is 1. The van der Waals surface area contributed by atoms with Gasteiger partial charge in [-0.25, -0.2) is 0 Å². The average molecular weight is 335 g/mol. The number of methoxy groups -OCH3 is 1. The lowest BCUT2D eigenvalue weighted by Crippen LogP contribution is -2.23. The Balaban J connectivity index is 1.91. The summed E-state index contributed by atoms with van der Waals surface area (Å²) in [6, 6.07) is 10.8. The lowest BCUT2D eigenvalue weighted by Gasteiger charge is -2.10. The molecule has 0 aliphatic carbocycles. The van der Waals surface area contributed by atoms with Crippen LogP contribution in [0.25, 0.3) is 0 Å². The molecule has 0 aliphatic rings. The van der Waals surface area contributed by atoms with Crippen molar-refractivity contribution in [2.45, 2.75) is 0 Å². The molecule has 0 saturated heterocycles. The summed E-state index contributed by atoms with van der Waals surface area (Å²) in [5, 5.41) is 13.3. The van der Waals surface area contributed by atoms with Crippen molar-refractivity contribution in [2.24, 2.45) is 0 Å². The molecule has 1 amide bonds. The standard InChI is InChI=1S/C16H14ClNO5/c1-22-11-3-5-12(6-4-11)23-9-15(19)18-10-2-7-13(16(20)21)14(17)8-10/h2-8H,9H2,1H3,(H,18,19)(H,20,21)/p-1. The number of carbonyl (C=O) groups is 2. The number of nitrogens with one attached hydrogen (secondary N) is 1. The van der Waals surface area contributed by atoms with E-state index >= 15 is 0 Å². The van der Waals surface area contributed by atoms with E-state index in [-0.39, 0.29) is 17.2 Å². The molecule has 0 saturated carbocycles. The van der Waals surface area contributed by atoms with Crippen molar-refractivity contribution in [3.05, 3.63) is 53.1 Å². The summed E-state index contributed by atoms with van der Waals surface area (Å²) in [6.45, 7) is -0.202. The van der Waals surface area contributed by atoms with Crippen LogP contribution in [0.15, 0.2) is 42.5 Å². The number of hydrogen-bond donors (Lipinski definition) is 1. The smallest absolute Gasteiger partial charge is 0.262 e. The SMILES string of the molecule is COc1ccc(OCC(=O)Nc2ccc(C(=O)[O-])c(Cl)c2)cc1. The van der Waals surface area contributed by atoms with Gasteiger partial charge < -0.3 is 24.7 Å². The Morgan fingerprint density at radius 2 is 1.78 bits per heavy atom. The van der Waals surface area contributed by atoms with E-state index in [2.05, 4.69) is 5.32 Å². The Kier molecular flexibility index (Phi) is 5.43. The topological polar surface area (TPSA) is 87.7 Å². The maximum atomic E-state index is 11.8. The van der Waals surface area contributed by atoms with Gasteiger partial charge in [-0.2, -0.15) is 0 Å². The Hall–Kier alpha value is -2.73. The van der Waals surface area contributed by atoms with Gasteiger partial charge in [0, 0.05) is 11.3 Å². The van der Waals surface area contributed by atoms with Crippen LogP contribution in [0.5, 0.6) is 11.5 Å². The Labute approximate surface area is 137 Å². The second-order valence-electron chi connectivity index (χ2n) is 4.49. The molecule has 0 aromatic heterocycles. The average Bonchev–Trinajstić information content (AvgIpc) is 2.53. The van der Waals surface area contributed by atoms with E-state index in [1.165, 1.54) is 18.2 Å². The zero-order chi connectivity index (χ0) is 16.8. The van der Waals surface area contributed by atoms with Crippen LogP contribution in [0.4, 0.5) is 5.69 Å². The quantitative estimate of drug-likeness (QED) is 0.869. The minimum atomic E-state index is -1.38. The molecule has 0 bridgehead atoms. The monoisotopic (exact) mass is 334 g/mol. The van der Waals surface area contributed by atoms with Crippen LogP contribution >= 0.6 is 11.6 Å². The molecule has 7 heteroatoms. The van der Waals surface area contributed by atoms with Gasteiger partial charge in [0.25, 0.3) is 5.91 Å². The van der Waals surface area contributed by atoms with Gasteiger partial charge in [-0.3, -0.25) is 4.79 Å². The van der Waals surface area contributed by atoms with E-state index in [9.17, 15) is 14.7 Å². The first-order chi connectivity index (χ1) is 11.0. The fourth-order valence-corrected chi connectivity index (χ4v) is 2.03. The third-order valence-corrected chi connectivity index (χ3v) is 3.21. The van der Waals surface area contributed by atoms with Crippen molar-refractivity contribution in [1.29, 1.82) is 0 Å². The van der Waals surface area contributed by atoms with Gasteiger partial charge in [0.1, 0.15) is 11.5 Å². The van der Waals surface area contributed by atoms with Crippen LogP contribution in [-0.2, 0) is 4.79 Å². The molecule has 0 spiro atoms. The van der Waals surface area contributed by atoms with Crippen molar-refractivity contribution in [2.75, 3.05) is 19.0 Å². The first-order valence-corrected chi connectivity index (χ1v) is 6.95. The van der Waals surface area contributed by atoms with Crippen LogP contribution in [0.1, 0.15) is 10.4 Å². The number of anilines is 1. The number of ether oxygens (including phenoxy) is 2. The summed E-state index contributed by atoms with van der Waals surface area (Å²) in [5.74, 6) is -0.579. The highest BCUT2D eigenvalue weighted by molar-refractivity contribution is 6.33. The summed E-state index contributed by atoms with van der Waals surface area (Å²) in [7, 11) is 1.56. The second kappa shape index (κ2) is 7.51. The van der Waals surface area contributed by atoms with Crippen LogP contribution in [0.3, 0.4) is 0 Å². The van der Waals surface area contributed by atoms with Crippen LogP contribution in [0, 0.1) is 0 Å². The number of aromatic carboxylic acids is 1. The number of rotatable bonds is 6. The highest BCUT2D eigenvalue weighted by Gasteiger charge is 2.07. The van der Waals surface area contributed by atoms with Gasteiger partial charge in [0.05, 0.1) is 18.1 Å². The molecule has 0 aliphatic heterocycles. The van der Waals surface area contributed by atoms with Crippen molar-refractivity contribution >= 4 is 29.2 Å². The van der Waals surface area contributed by atoms with Gasteiger partial charge in [-0.15, -0.1) is 0 Å². The van der Waals surface area contributed by atoms with Crippen LogP contribution in [0.2, 0.25) is 5.02 Å². The van der Waals surface area contributed by atoms with Gasteiger partial charge in [0.15, 0.2) is 6.61 Å². The van der Waals surface area contributed by atoms with Crippen molar-refractivity contribution < 1.29 is 24.2 Å². The molecule has 2 rings (SSSR count). The van der Waals surface area contributed by atoms with Crippen LogP contribution in [-0.4, -0.2) is 25.6 Å². The largest absolute Gasteiger partial charge is 0.545 e. The third kappa shape index (κ3) is 4.62. The molecule has 2 aromatic carbocycles. The number of benzene rings is 2. The molecule has 0 atom stereocenters. The third-order valence-electron chi connectivity index (χ3n) is 2.90. The Bertz CT molecular complexity index is 715. The first kappa shape index (κ1) is 16.6. The highest BCUT2D eigenvalue weighted by atomic mass is 35.5. The fourth-order valence-electron chi connectivity index (χ4n) is 1.78. The summed E-state index contributed by atoms with van der Waals surface area (Å²) in [5.41, 5.74) is 0.225. The Morgan fingerprint density at radius 1 is 1.13 bits per heavy atom. The molecule has 23 heavy (non-hydrogen) atoms. The zero-order valence-corrected chi connectivity index (χ0v) is 12.9.